The Balaban J connectivity index is 0.000000131. The Hall–Kier alpha value is -3.64. The molecule has 4 heterocycles. The Labute approximate surface area is 150 Å². The van der Waals surface area contributed by atoms with Gasteiger partial charge >= 0.3 is 0 Å². The van der Waals surface area contributed by atoms with Crippen LogP contribution in [0.25, 0.3) is 11.3 Å². The molecule has 0 aromatic carbocycles. The van der Waals surface area contributed by atoms with Gasteiger partial charge in [0.05, 0.1) is 24.0 Å². The van der Waals surface area contributed by atoms with Gasteiger partial charge in [-0.3, -0.25) is 0 Å². The number of hydrogen-bond acceptors (Lipinski definition) is 4. The van der Waals surface area contributed by atoms with Crippen molar-refractivity contribution in [2.75, 3.05) is 0 Å². The molecule has 0 atom stereocenters. The molecule has 5 rings (SSSR count). The Morgan fingerprint density at radius 3 is 2.19 bits per heavy atom. The first-order valence-corrected chi connectivity index (χ1v) is 8.37. The zero-order chi connectivity index (χ0) is 18.0. The number of fused-ring (bicyclic) bond motifs is 2. The molecule has 4 aromatic heterocycles. The van der Waals surface area contributed by atoms with Crippen molar-refractivity contribution in [1.29, 1.82) is 10.5 Å². The molecule has 6 nitrogen and oxygen atoms in total. The van der Waals surface area contributed by atoms with E-state index in [1.165, 1.54) is 0 Å². The van der Waals surface area contributed by atoms with Crippen LogP contribution in [0, 0.1) is 22.7 Å². The van der Waals surface area contributed by atoms with E-state index in [0.29, 0.717) is 6.42 Å². The fraction of sp³-hybridized carbons (Fsp3) is 0.200. The normalized spacial score (nSPS) is 14.2. The van der Waals surface area contributed by atoms with E-state index in [1.54, 1.807) is 12.4 Å². The Morgan fingerprint density at radius 1 is 0.923 bits per heavy atom. The van der Waals surface area contributed by atoms with Crippen LogP contribution in [0.3, 0.4) is 0 Å². The van der Waals surface area contributed by atoms with Gasteiger partial charge in [-0.2, -0.15) is 10.5 Å². The number of imidazole rings is 2. The van der Waals surface area contributed by atoms with Gasteiger partial charge in [0, 0.05) is 37.2 Å². The number of aromatic nitrogens is 4. The minimum absolute atomic E-state index is 0.201. The van der Waals surface area contributed by atoms with Crippen LogP contribution in [0.15, 0.2) is 61.4 Å². The third-order valence-electron chi connectivity index (χ3n) is 4.66. The van der Waals surface area contributed by atoms with Gasteiger partial charge in [0.2, 0.25) is 0 Å². The largest absolute Gasteiger partial charge is 0.307 e. The second kappa shape index (κ2) is 6.34. The summed E-state index contributed by atoms with van der Waals surface area (Å²) in [5.41, 5.74) is 3.73. The van der Waals surface area contributed by atoms with Crippen molar-refractivity contribution in [3.05, 3.63) is 72.6 Å². The maximum absolute atomic E-state index is 9.06. The molecule has 1 saturated carbocycles. The van der Waals surface area contributed by atoms with Crippen LogP contribution in [0.5, 0.6) is 0 Å². The molecule has 1 aliphatic carbocycles. The summed E-state index contributed by atoms with van der Waals surface area (Å²) in [7, 11) is 0. The maximum atomic E-state index is 9.06. The van der Waals surface area contributed by atoms with Gasteiger partial charge in [-0.25, -0.2) is 9.97 Å². The highest BCUT2D eigenvalue weighted by atomic mass is 15.0. The lowest BCUT2D eigenvalue weighted by molar-refractivity contribution is 0.902. The fourth-order valence-electron chi connectivity index (χ4n) is 2.95. The lowest BCUT2D eigenvalue weighted by Gasteiger charge is -2.05. The summed E-state index contributed by atoms with van der Waals surface area (Å²) in [4.78, 5) is 8.32. The van der Waals surface area contributed by atoms with Gasteiger partial charge < -0.3 is 8.80 Å². The van der Waals surface area contributed by atoms with E-state index in [4.69, 9.17) is 10.5 Å². The van der Waals surface area contributed by atoms with Crippen molar-refractivity contribution < 1.29 is 0 Å². The zero-order valence-electron chi connectivity index (χ0n) is 14.1. The molecule has 126 valence electrons. The van der Waals surface area contributed by atoms with Crippen LogP contribution < -0.4 is 0 Å². The van der Waals surface area contributed by atoms with Crippen molar-refractivity contribution in [1.82, 2.24) is 18.8 Å². The smallest absolute Gasteiger partial charge is 0.136 e. The summed E-state index contributed by atoms with van der Waals surface area (Å²) in [5.74, 6) is 0. The lowest BCUT2D eigenvalue weighted by atomic mass is 9.99. The van der Waals surface area contributed by atoms with Crippen molar-refractivity contribution in [2.45, 2.75) is 24.7 Å². The van der Waals surface area contributed by atoms with Crippen molar-refractivity contribution >= 4 is 11.3 Å². The van der Waals surface area contributed by atoms with Gasteiger partial charge in [0.1, 0.15) is 11.3 Å². The standard InChI is InChI=1S/C11H9N3.C9H7N3/c12-8-11(2-3-11)9-1-5-14-6-4-13-10(14)7-9;10-3-1-8-2-5-12-6-4-11-9(12)7-8/h1,4-7H,2-3H2;2,4-7H,1H2. The molecule has 1 fully saturated rings. The van der Waals surface area contributed by atoms with Gasteiger partial charge in [-0.1, -0.05) is 0 Å². The SMILES string of the molecule is N#CC1(c2ccn3ccnc3c2)CC1.N#CCc1ccn2ccnc2c1. The van der Waals surface area contributed by atoms with Gasteiger partial charge in [-0.15, -0.1) is 0 Å². The number of nitriles is 2. The Morgan fingerprint density at radius 2 is 1.58 bits per heavy atom. The molecule has 0 unspecified atom stereocenters. The van der Waals surface area contributed by atoms with E-state index >= 15 is 0 Å². The van der Waals surface area contributed by atoms with Gasteiger partial charge in [0.15, 0.2) is 0 Å². The summed E-state index contributed by atoms with van der Waals surface area (Å²) in [6.07, 6.45) is 13.6. The molecular formula is C20H16N6. The summed E-state index contributed by atoms with van der Waals surface area (Å²) in [5, 5.41) is 17.5. The summed E-state index contributed by atoms with van der Waals surface area (Å²) in [6.45, 7) is 0. The lowest BCUT2D eigenvalue weighted by Crippen LogP contribution is -2.02. The van der Waals surface area contributed by atoms with Crippen molar-refractivity contribution in [3.63, 3.8) is 0 Å². The first-order valence-electron chi connectivity index (χ1n) is 8.37. The maximum Gasteiger partial charge on any atom is 0.136 e. The predicted octanol–water partition coefficient (Wildman–Crippen LogP) is 3.29. The molecule has 0 aliphatic heterocycles. The number of pyridine rings is 2. The highest BCUT2D eigenvalue weighted by Gasteiger charge is 2.44. The van der Waals surface area contributed by atoms with Gasteiger partial charge in [-0.05, 0) is 48.2 Å². The molecule has 0 radical (unpaired) electrons. The topological polar surface area (TPSA) is 82.2 Å². The molecule has 0 saturated heterocycles. The van der Waals surface area contributed by atoms with Crippen molar-refractivity contribution in [2.24, 2.45) is 0 Å². The number of hydrogen-bond donors (Lipinski definition) is 0. The second-order valence-corrected chi connectivity index (χ2v) is 6.36. The Kier molecular flexibility index (Phi) is 3.87. The zero-order valence-corrected chi connectivity index (χ0v) is 14.1. The molecule has 0 N–H and O–H groups in total. The highest BCUT2D eigenvalue weighted by Crippen LogP contribution is 2.47. The summed E-state index contributed by atoms with van der Waals surface area (Å²) >= 11 is 0. The highest BCUT2D eigenvalue weighted by molar-refractivity contribution is 5.48. The van der Waals surface area contributed by atoms with Crippen LogP contribution in [0.1, 0.15) is 24.0 Å². The van der Waals surface area contributed by atoms with Gasteiger partial charge in [0.25, 0.3) is 0 Å². The van der Waals surface area contributed by atoms with E-state index in [0.717, 1.165) is 35.3 Å². The molecule has 0 amide bonds. The fourth-order valence-corrected chi connectivity index (χ4v) is 2.95. The van der Waals surface area contributed by atoms with E-state index < -0.39 is 0 Å². The quantitative estimate of drug-likeness (QED) is 0.560. The van der Waals surface area contributed by atoms with Crippen LogP contribution >= 0.6 is 0 Å². The first kappa shape index (κ1) is 15.9. The van der Waals surface area contributed by atoms with Crippen LogP contribution in [0.4, 0.5) is 0 Å². The number of rotatable bonds is 2. The van der Waals surface area contributed by atoms with Crippen LogP contribution in [-0.4, -0.2) is 18.8 Å². The third kappa shape index (κ3) is 2.89. The third-order valence-corrected chi connectivity index (χ3v) is 4.66. The van der Waals surface area contributed by atoms with Crippen LogP contribution in [-0.2, 0) is 11.8 Å². The summed E-state index contributed by atoms with van der Waals surface area (Å²) in [6, 6.07) is 12.4. The molecule has 4 aromatic rings. The molecule has 1 aliphatic rings. The summed E-state index contributed by atoms with van der Waals surface area (Å²) < 4.78 is 3.87. The first-order chi connectivity index (χ1) is 12.7. The van der Waals surface area contributed by atoms with Crippen molar-refractivity contribution in [3.8, 4) is 12.1 Å². The predicted molar refractivity (Wildman–Crippen MR) is 96.2 cm³/mol. The molecule has 0 spiro atoms. The average Bonchev–Trinajstić information content (AvgIpc) is 3.10. The minimum Gasteiger partial charge on any atom is -0.307 e. The van der Waals surface area contributed by atoms with E-state index in [2.05, 4.69) is 22.1 Å². The molecule has 26 heavy (non-hydrogen) atoms. The van der Waals surface area contributed by atoms with E-state index in [9.17, 15) is 0 Å². The van der Waals surface area contributed by atoms with E-state index in [1.807, 2.05) is 57.9 Å². The average molecular weight is 340 g/mol. The monoisotopic (exact) mass is 340 g/mol. The second-order valence-electron chi connectivity index (χ2n) is 6.36. The minimum atomic E-state index is -0.201. The molecular weight excluding hydrogens is 324 g/mol. The number of nitrogens with zero attached hydrogens (tertiary/aromatic N) is 6. The Bertz CT molecular complexity index is 1150. The molecule has 6 heteroatoms. The van der Waals surface area contributed by atoms with E-state index in [-0.39, 0.29) is 5.41 Å². The molecule has 0 bridgehead atoms. The van der Waals surface area contributed by atoms with Crippen LogP contribution in [0.2, 0.25) is 0 Å².